The van der Waals surface area contributed by atoms with Crippen molar-refractivity contribution in [3.05, 3.63) is 42.6 Å². The first-order valence-electron chi connectivity index (χ1n) is 5.85. The van der Waals surface area contributed by atoms with Crippen molar-refractivity contribution in [1.82, 2.24) is 14.6 Å². The van der Waals surface area contributed by atoms with Gasteiger partial charge < -0.3 is 9.47 Å². The van der Waals surface area contributed by atoms with Gasteiger partial charge in [-0.1, -0.05) is 12.1 Å². The number of hydrogen-bond donors (Lipinski definition) is 0. The van der Waals surface area contributed by atoms with Gasteiger partial charge in [-0.2, -0.15) is 0 Å². The molecule has 3 aromatic rings. The number of aromatic nitrogens is 3. The lowest BCUT2D eigenvalue weighted by Gasteiger charge is -2.05. The monoisotopic (exact) mass is 255 g/mol. The Morgan fingerprint density at radius 3 is 2.74 bits per heavy atom. The minimum absolute atomic E-state index is 0.551. The van der Waals surface area contributed by atoms with Crippen molar-refractivity contribution in [3.8, 4) is 22.9 Å². The predicted octanol–water partition coefficient (Wildman–Crippen LogP) is 2.41. The standard InChI is InChI=1S/C14H13N3O2/c1-18-11-5-3-4-10(8-11)12-9-15-13-6-7-14(19-2)16-17(12)13/h3-9H,1-2H3. The molecule has 0 aliphatic carbocycles. The maximum absolute atomic E-state index is 5.24. The van der Waals surface area contributed by atoms with Gasteiger partial charge in [-0.15, -0.1) is 5.10 Å². The minimum Gasteiger partial charge on any atom is -0.497 e. The van der Waals surface area contributed by atoms with Crippen molar-refractivity contribution in [2.75, 3.05) is 14.2 Å². The van der Waals surface area contributed by atoms with E-state index >= 15 is 0 Å². The van der Waals surface area contributed by atoms with E-state index in [4.69, 9.17) is 9.47 Å². The first-order chi connectivity index (χ1) is 9.31. The van der Waals surface area contributed by atoms with E-state index in [1.54, 1.807) is 31.0 Å². The van der Waals surface area contributed by atoms with Gasteiger partial charge in [0.05, 0.1) is 26.1 Å². The van der Waals surface area contributed by atoms with Crippen LogP contribution in [0.3, 0.4) is 0 Å². The average Bonchev–Trinajstić information content (AvgIpc) is 2.90. The van der Waals surface area contributed by atoms with Gasteiger partial charge in [0, 0.05) is 11.6 Å². The summed E-state index contributed by atoms with van der Waals surface area (Å²) in [6, 6.07) is 11.4. The summed E-state index contributed by atoms with van der Waals surface area (Å²) in [4.78, 5) is 4.33. The average molecular weight is 255 g/mol. The van der Waals surface area contributed by atoms with Crippen LogP contribution in [-0.2, 0) is 0 Å². The minimum atomic E-state index is 0.551. The molecule has 0 bridgehead atoms. The summed E-state index contributed by atoms with van der Waals surface area (Å²) in [6.45, 7) is 0. The molecule has 3 rings (SSSR count). The molecule has 0 fully saturated rings. The second-order valence-electron chi connectivity index (χ2n) is 4.02. The molecule has 0 atom stereocenters. The molecule has 0 saturated carbocycles. The van der Waals surface area contributed by atoms with Crippen LogP contribution in [0.1, 0.15) is 0 Å². The van der Waals surface area contributed by atoms with Crippen LogP contribution in [0.15, 0.2) is 42.6 Å². The second-order valence-corrected chi connectivity index (χ2v) is 4.02. The third-order valence-electron chi connectivity index (χ3n) is 2.91. The molecule has 0 aliphatic rings. The molecule has 5 nitrogen and oxygen atoms in total. The molecule has 2 heterocycles. The Morgan fingerprint density at radius 1 is 1.05 bits per heavy atom. The molecule has 0 amide bonds. The summed E-state index contributed by atoms with van der Waals surface area (Å²) < 4.78 is 12.1. The molecule has 0 aliphatic heterocycles. The van der Waals surface area contributed by atoms with Gasteiger partial charge in [0.1, 0.15) is 5.75 Å². The van der Waals surface area contributed by atoms with Gasteiger partial charge >= 0.3 is 0 Å². The van der Waals surface area contributed by atoms with Gasteiger partial charge in [-0.3, -0.25) is 0 Å². The van der Waals surface area contributed by atoms with E-state index < -0.39 is 0 Å². The zero-order valence-electron chi connectivity index (χ0n) is 10.7. The Hall–Kier alpha value is -2.56. The van der Waals surface area contributed by atoms with E-state index in [9.17, 15) is 0 Å². The second kappa shape index (κ2) is 4.61. The van der Waals surface area contributed by atoms with Gasteiger partial charge in [0.2, 0.25) is 5.88 Å². The maximum atomic E-state index is 5.24. The number of fused-ring (bicyclic) bond motifs is 1. The predicted molar refractivity (Wildman–Crippen MR) is 71.5 cm³/mol. The fourth-order valence-corrected chi connectivity index (χ4v) is 1.94. The van der Waals surface area contributed by atoms with Crippen LogP contribution in [0.25, 0.3) is 16.9 Å². The van der Waals surface area contributed by atoms with Crippen molar-refractivity contribution in [2.24, 2.45) is 0 Å². The number of benzene rings is 1. The van der Waals surface area contributed by atoms with Crippen LogP contribution >= 0.6 is 0 Å². The molecule has 1 aromatic carbocycles. The molecule has 2 aromatic heterocycles. The highest BCUT2D eigenvalue weighted by molar-refractivity contribution is 5.64. The fraction of sp³-hybridized carbons (Fsp3) is 0.143. The number of methoxy groups -OCH3 is 2. The summed E-state index contributed by atoms with van der Waals surface area (Å²) in [5.41, 5.74) is 2.67. The van der Waals surface area contributed by atoms with Crippen LogP contribution in [0.4, 0.5) is 0 Å². The molecule has 0 saturated heterocycles. The van der Waals surface area contributed by atoms with Crippen LogP contribution in [0.5, 0.6) is 11.6 Å². The zero-order chi connectivity index (χ0) is 13.2. The van der Waals surface area contributed by atoms with Crippen molar-refractivity contribution in [2.45, 2.75) is 0 Å². The van der Waals surface area contributed by atoms with Gasteiger partial charge in [0.15, 0.2) is 5.65 Å². The summed E-state index contributed by atoms with van der Waals surface area (Å²) in [5, 5.41) is 4.38. The van der Waals surface area contributed by atoms with Crippen molar-refractivity contribution in [1.29, 1.82) is 0 Å². The normalized spacial score (nSPS) is 10.6. The highest BCUT2D eigenvalue weighted by atomic mass is 16.5. The lowest BCUT2D eigenvalue weighted by Crippen LogP contribution is -1.97. The van der Waals surface area contributed by atoms with E-state index in [0.29, 0.717) is 5.88 Å². The molecule has 0 spiro atoms. The molecule has 0 N–H and O–H groups in total. The molecule has 5 heteroatoms. The SMILES string of the molecule is COc1cccc(-c2cnc3ccc(OC)nn23)c1. The molecule has 96 valence electrons. The Labute approximate surface area is 110 Å². The molecule has 19 heavy (non-hydrogen) atoms. The van der Waals surface area contributed by atoms with Crippen molar-refractivity contribution < 1.29 is 9.47 Å². The van der Waals surface area contributed by atoms with Crippen LogP contribution in [0, 0.1) is 0 Å². The summed E-state index contributed by atoms with van der Waals surface area (Å²) in [7, 11) is 3.24. The van der Waals surface area contributed by atoms with Crippen LogP contribution < -0.4 is 9.47 Å². The lowest BCUT2D eigenvalue weighted by molar-refractivity contribution is 0.390. The van der Waals surface area contributed by atoms with E-state index in [1.165, 1.54) is 0 Å². The highest BCUT2D eigenvalue weighted by Gasteiger charge is 2.08. The summed E-state index contributed by atoms with van der Waals surface area (Å²) in [5.74, 6) is 1.35. The van der Waals surface area contributed by atoms with E-state index in [1.807, 2.05) is 30.3 Å². The fourth-order valence-electron chi connectivity index (χ4n) is 1.94. The topological polar surface area (TPSA) is 48.7 Å². The number of ether oxygens (including phenoxy) is 2. The number of nitrogens with zero attached hydrogens (tertiary/aromatic N) is 3. The van der Waals surface area contributed by atoms with Crippen LogP contribution in [0.2, 0.25) is 0 Å². The number of imidazole rings is 1. The van der Waals surface area contributed by atoms with Gasteiger partial charge in [0.25, 0.3) is 0 Å². The van der Waals surface area contributed by atoms with E-state index in [-0.39, 0.29) is 0 Å². The van der Waals surface area contributed by atoms with Crippen molar-refractivity contribution in [3.63, 3.8) is 0 Å². The van der Waals surface area contributed by atoms with E-state index in [2.05, 4.69) is 10.1 Å². The Kier molecular flexibility index (Phi) is 2.79. The highest BCUT2D eigenvalue weighted by Crippen LogP contribution is 2.24. The Bertz CT molecular complexity index is 722. The maximum Gasteiger partial charge on any atom is 0.231 e. The van der Waals surface area contributed by atoms with Gasteiger partial charge in [-0.05, 0) is 18.2 Å². The third-order valence-corrected chi connectivity index (χ3v) is 2.91. The third kappa shape index (κ3) is 1.99. The summed E-state index contributed by atoms with van der Waals surface area (Å²) in [6.07, 6.45) is 1.79. The molecular weight excluding hydrogens is 242 g/mol. The lowest BCUT2D eigenvalue weighted by atomic mass is 10.1. The Morgan fingerprint density at radius 2 is 1.95 bits per heavy atom. The number of hydrogen-bond acceptors (Lipinski definition) is 4. The van der Waals surface area contributed by atoms with E-state index in [0.717, 1.165) is 22.7 Å². The first kappa shape index (κ1) is 11.5. The smallest absolute Gasteiger partial charge is 0.231 e. The zero-order valence-corrected chi connectivity index (χ0v) is 10.7. The van der Waals surface area contributed by atoms with Crippen molar-refractivity contribution >= 4 is 5.65 Å². The summed E-state index contributed by atoms with van der Waals surface area (Å²) >= 11 is 0. The first-order valence-corrected chi connectivity index (χ1v) is 5.85. The van der Waals surface area contributed by atoms with Crippen LogP contribution in [-0.4, -0.2) is 28.8 Å². The van der Waals surface area contributed by atoms with Gasteiger partial charge in [-0.25, -0.2) is 9.50 Å². The Balaban J connectivity index is 2.18. The quantitative estimate of drug-likeness (QED) is 0.721. The molecule has 0 radical (unpaired) electrons. The molecule has 0 unspecified atom stereocenters. The number of rotatable bonds is 3. The largest absolute Gasteiger partial charge is 0.497 e. The molecular formula is C14H13N3O2.